The van der Waals surface area contributed by atoms with E-state index in [2.05, 4.69) is 97.2 Å². The molecule has 3 rings (SSSR count). The van der Waals surface area contributed by atoms with E-state index in [0.29, 0.717) is 6.04 Å². The van der Waals surface area contributed by atoms with Crippen LogP contribution in [-0.4, -0.2) is 0 Å². The SMILES string of the molecule is C[C@H]([NH2+]Cc1ccccc1)c1ccc(-c2ccccc2)cc1. The third kappa shape index (κ3) is 3.63. The molecule has 0 unspecified atom stereocenters. The van der Waals surface area contributed by atoms with Crippen molar-refractivity contribution in [3.63, 3.8) is 0 Å². The van der Waals surface area contributed by atoms with Crippen molar-refractivity contribution in [2.45, 2.75) is 19.5 Å². The molecule has 3 aromatic rings. The molecule has 0 saturated heterocycles. The van der Waals surface area contributed by atoms with Crippen LogP contribution in [0.4, 0.5) is 0 Å². The lowest BCUT2D eigenvalue weighted by Crippen LogP contribution is -2.83. The minimum absolute atomic E-state index is 0.463. The highest BCUT2D eigenvalue weighted by atomic mass is 14.9. The average molecular weight is 288 g/mol. The van der Waals surface area contributed by atoms with Crippen molar-refractivity contribution in [2.24, 2.45) is 0 Å². The normalized spacial score (nSPS) is 12.0. The van der Waals surface area contributed by atoms with Crippen LogP contribution in [0.5, 0.6) is 0 Å². The van der Waals surface area contributed by atoms with Crippen molar-refractivity contribution in [2.75, 3.05) is 0 Å². The highest BCUT2D eigenvalue weighted by Crippen LogP contribution is 2.20. The summed E-state index contributed by atoms with van der Waals surface area (Å²) in [6.07, 6.45) is 0. The zero-order valence-corrected chi connectivity index (χ0v) is 12.9. The van der Waals surface area contributed by atoms with Crippen molar-refractivity contribution in [1.29, 1.82) is 0 Å². The monoisotopic (exact) mass is 288 g/mol. The Kier molecular flexibility index (Phi) is 4.67. The predicted molar refractivity (Wildman–Crippen MR) is 92.4 cm³/mol. The van der Waals surface area contributed by atoms with Crippen LogP contribution >= 0.6 is 0 Å². The second-order valence-electron chi connectivity index (χ2n) is 5.70. The first-order valence-corrected chi connectivity index (χ1v) is 7.85. The maximum absolute atomic E-state index is 2.38. The molecule has 0 spiro atoms. The molecule has 1 nitrogen and oxygen atoms in total. The third-order valence-electron chi connectivity index (χ3n) is 4.09. The maximum atomic E-state index is 2.38. The highest BCUT2D eigenvalue weighted by Gasteiger charge is 2.08. The number of benzene rings is 3. The van der Waals surface area contributed by atoms with Gasteiger partial charge in [0.15, 0.2) is 0 Å². The van der Waals surface area contributed by atoms with Gasteiger partial charge in [-0.15, -0.1) is 0 Å². The highest BCUT2D eigenvalue weighted by molar-refractivity contribution is 5.63. The van der Waals surface area contributed by atoms with E-state index in [0.717, 1.165) is 6.54 Å². The van der Waals surface area contributed by atoms with E-state index in [-0.39, 0.29) is 0 Å². The summed E-state index contributed by atoms with van der Waals surface area (Å²) >= 11 is 0. The summed E-state index contributed by atoms with van der Waals surface area (Å²) in [4.78, 5) is 0. The van der Waals surface area contributed by atoms with Crippen LogP contribution in [-0.2, 0) is 6.54 Å². The molecule has 1 heteroatoms. The molecule has 1 atom stereocenters. The van der Waals surface area contributed by atoms with Gasteiger partial charge < -0.3 is 5.32 Å². The summed E-state index contributed by atoms with van der Waals surface area (Å²) in [7, 11) is 0. The second kappa shape index (κ2) is 7.06. The predicted octanol–water partition coefficient (Wildman–Crippen LogP) is 4.18. The van der Waals surface area contributed by atoms with Gasteiger partial charge in [0.25, 0.3) is 0 Å². The molecule has 2 N–H and O–H groups in total. The Labute approximate surface area is 132 Å². The Morgan fingerprint density at radius 3 is 1.86 bits per heavy atom. The molecule has 3 aromatic carbocycles. The zero-order chi connectivity index (χ0) is 15.2. The van der Waals surface area contributed by atoms with Crippen LogP contribution in [0.15, 0.2) is 84.9 Å². The van der Waals surface area contributed by atoms with E-state index >= 15 is 0 Å². The fourth-order valence-electron chi connectivity index (χ4n) is 2.67. The Hall–Kier alpha value is -2.38. The Morgan fingerprint density at radius 1 is 0.682 bits per heavy atom. The summed E-state index contributed by atoms with van der Waals surface area (Å²) in [6.45, 7) is 3.28. The standard InChI is InChI=1S/C21H21N/c1-17(22-16-18-8-4-2-5-9-18)19-12-14-21(15-13-19)20-10-6-3-7-11-20/h2-15,17,22H,16H2,1H3/p+1/t17-/m0/s1. The lowest BCUT2D eigenvalue weighted by Gasteiger charge is -2.12. The minimum Gasteiger partial charge on any atom is -0.337 e. The Balaban J connectivity index is 1.65. The van der Waals surface area contributed by atoms with Crippen molar-refractivity contribution in [3.8, 4) is 11.1 Å². The number of nitrogens with two attached hydrogens (primary N) is 1. The molecule has 0 bridgehead atoms. The van der Waals surface area contributed by atoms with Gasteiger partial charge in [0.2, 0.25) is 0 Å². The lowest BCUT2D eigenvalue weighted by molar-refractivity contribution is -0.707. The fourth-order valence-corrected chi connectivity index (χ4v) is 2.67. The fraction of sp³-hybridized carbons (Fsp3) is 0.143. The number of hydrogen-bond donors (Lipinski definition) is 1. The molecule has 0 amide bonds. The molecule has 0 fully saturated rings. The molecule has 0 saturated carbocycles. The summed E-state index contributed by atoms with van der Waals surface area (Å²) in [5.41, 5.74) is 5.29. The lowest BCUT2D eigenvalue weighted by atomic mass is 10.0. The van der Waals surface area contributed by atoms with Gasteiger partial charge in [-0.25, -0.2) is 0 Å². The van der Waals surface area contributed by atoms with E-state index in [1.807, 2.05) is 0 Å². The molecule has 0 radical (unpaired) electrons. The van der Waals surface area contributed by atoms with Crippen LogP contribution in [0.2, 0.25) is 0 Å². The van der Waals surface area contributed by atoms with Crippen LogP contribution < -0.4 is 5.32 Å². The largest absolute Gasteiger partial charge is 0.337 e. The van der Waals surface area contributed by atoms with Crippen LogP contribution in [0.25, 0.3) is 11.1 Å². The quantitative estimate of drug-likeness (QED) is 0.725. The van der Waals surface area contributed by atoms with Crippen molar-refractivity contribution in [3.05, 3.63) is 96.1 Å². The van der Waals surface area contributed by atoms with Gasteiger partial charge in [-0.2, -0.15) is 0 Å². The summed E-state index contributed by atoms with van der Waals surface area (Å²) in [6, 6.07) is 30.5. The van der Waals surface area contributed by atoms with Crippen molar-refractivity contribution >= 4 is 0 Å². The maximum Gasteiger partial charge on any atom is 0.109 e. The minimum atomic E-state index is 0.463. The first kappa shape index (κ1) is 14.6. The van der Waals surface area contributed by atoms with Gasteiger partial charge in [-0.3, -0.25) is 0 Å². The second-order valence-corrected chi connectivity index (χ2v) is 5.70. The van der Waals surface area contributed by atoms with Gasteiger partial charge in [0, 0.05) is 11.1 Å². The molecule has 0 aliphatic rings. The van der Waals surface area contributed by atoms with E-state index in [1.54, 1.807) is 0 Å². The van der Waals surface area contributed by atoms with Crippen molar-refractivity contribution in [1.82, 2.24) is 0 Å². The van der Waals surface area contributed by atoms with Crippen LogP contribution in [0.1, 0.15) is 24.1 Å². The molecule has 0 heterocycles. The molecule has 0 aliphatic heterocycles. The molecular weight excluding hydrogens is 266 g/mol. The molecule has 22 heavy (non-hydrogen) atoms. The smallest absolute Gasteiger partial charge is 0.109 e. The summed E-state index contributed by atoms with van der Waals surface area (Å²) < 4.78 is 0. The molecule has 0 aromatic heterocycles. The Bertz CT molecular complexity index is 687. The topological polar surface area (TPSA) is 16.6 Å². The van der Waals surface area contributed by atoms with Crippen molar-refractivity contribution < 1.29 is 5.32 Å². The summed E-state index contributed by atoms with van der Waals surface area (Å²) in [5.74, 6) is 0. The van der Waals surface area contributed by atoms with Gasteiger partial charge in [0.05, 0.1) is 0 Å². The number of hydrogen-bond acceptors (Lipinski definition) is 0. The van der Waals surface area contributed by atoms with E-state index in [9.17, 15) is 0 Å². The van der Waals surface area contributed by atoms with Gasteiger partial charge in [-0.1, -0.05) is 84.9 Å². The molecule has 110 valence electrons. The zero-order valence-electron chi connectivity index (χ0n) is 12.9. The van der Waals surface area contributed by atoms with Crippen LogP contribution in [0.3, 0.4) is 0 Å². The van der Waals surface area contributed by atoms with E-state index < -0.39 is 0 Å². The van der Waals surface area contributed by atoms with Gasteiger partial charge in [-0.05, 0) is 18.1 Å². The van der Waals surface area contributed by atoms with Gasteiger partial charge in [0.1, 0.15) is 12.6 Å². The van der Waals surface area contributed by atoms with E-state index in [4.69, 9.17) is 0 Å². The summed E-state index contributed by atoms with van der Waals surface area (Å²) in [5, 5.41) is 2.38. The van der Waals surface area contributed by atoms with Gasteiger partial charge >= 0.3 is 0 Å². The number of quaternary nitrogens is 1. The first-order valence-electron chi connectivity index (χ1n) is 7.85. The van der Waals surface area contributed by atoms with Crippen LogP contribution in [0, 0.1) is 0 Å². The Morgan fingerprint density at radius 2 is 1.23 bits per heavy atom. The third-order valence-corrected chi connectivity index (χ3v) is 4.09. The number of rotatable bonds is 5. The van der Waals surface area contributed by atoms with E-state index in [1.165, 1.54) is 22.3 Å². The first-order chi connectivity index (χ1) is 10.8. The molecule has 0 aliphatic carbocycles. The average Bonchev–Trinajstić information content (AvgIpc) is 2.61. The molecular formula is C21H22N+.